The Hall–Kier alpha value is -2.66. The average molecular weight is 451 g/mol. The van der Waals surface area contributed by atoms with Gasteiger partial charge in [-0.3, -0.25) is 4.79 Å². The molecule has 10 nitrogen and oxygen atoms in total. The van der Waals surface area contributed by atoms with Crippen LogP contribution in [0.25, 0.3) is 11.0 Å². The fourth-order valence-electron chi connectivity index (χ4n) is 3.70. The van der Waals surface area contributed by atoms with Gasteiger partial charge in [0.1, 0.15) is 29.6 Å². The zero-order valence-corrected chi connectivity index (χ0v) is 18.8. The van der Waals surface area contributed by atoms with Gasteiger partial charge in [-0.2, -0.15) is 0 Å². The smallest absolute Gasteiger partial charge is 0.364 e. The van der Waals surface area contributed by atoms with Crippen molar-refractivity contribution in [3.63, 3.8) is 0 Å². The zero-order valence-electron chi connectivity index (χ0n) is 18.8. The number of amides is 1. The molecule has 1 aromatic carbocycles. The van der Waals surface area contributed by atoms with Gasteiger partial charge in [0.2, 0.25) is 12.2 Å². The molecule has 0 unspecified atom stereocenters. The van der Waals surface area contributed by atoms with Crippen molar-refractivity contribution in [2.75, 3.05) is 12.4 Å². The Labute approximate surface area is 184 Å². The molecule has 4 N–H and O–H groups in total. The number of aryl methyl sites for hydroxylation is 1. The second-order valence-electron chi connectivity index (χ2n) is 8.67. The summed E-state index contributed by atoms with van der Waals surface area (Å²) >= 11 is 0. The first-order chi connectivity index (χ1) is 14.9. The minimum absolute atomic E-state index is 0.0485. The van der Waals surface area contributed by atoms with Crippen molar-refractivity contribution in [1.82, 2.24) is 0 Å². The van der Waals surface area contributed by atoms with Crippen LogP contribution in [0.1, 0.15) is 33.3 Å². The number of carbonyl (C=O) groups is 1. The molecule has 1 aliphatic heterocycles. The van der Waals surface area contributed by atoms with Gasteiger partial charge in [0.05, 0.1) is 11.0 Å². The molecule has 32 heavy (non-hydrogen) atoms. The third-order valence-corrected chi connectivity index (χ3v) is 5.56. The van der Waals surface area contributed by atoms with Crippen LogP contribution in [0.5, 0.6) is 11.5 Å². The predicted molar refractivity (Wildman–Crippen MR) is 115 cm³/mol. The van der Waals surface area contributed by atoms with Crippen molar-refractivity contribution in [3.05, 3.63) is 28.1 Å². The number of rotatable bonds is 5. The van der Waals surface area contributed by atoms with Crippen molar-refractivity contribution >= 4 is 22.6 Å². The first kappa shape index (κ1) is 24.0. The van der Waals surface area contributed by atoms with E-state index in [0.29, 0.717) is 5.56 Å². The molecule has 1 aromatic heterocycles. The van der Waals surface area contributed by atoms with E-state index in [-0.39, 0.29) is 22.4 Å². The normalized spacial score (nSPS) is 25.2. The Morgan fingerprint density at radius 2 is 1.88 bits per heavy atom. The number of ether oxygens (including phenoxy) is 3. The second kappa shape index (κ2) is 8.70. The van der Waals surface area contributed by atoms with Crippen LogP contribution in [0, 0.1) is 12.8 Å². The fraction of sp³-hybridized carbons (Fsp3) is 0.545. The van der Waals surface area contributed by atoms with E-state index in [1.165, 1.54) is 19.2 Å². The number of fused-ring (bicyclic) bond motifs is 1. The maximum absolute atomic E-state index is 12.4. The number of aliphatic hydroxyl groups excluding tert-OH is 2. The quantitative estimate of drug-likeness (QED) is 0.498. The number of aliphatic hydroxyl groups is 2. The van der Waals surface area contributed by atoms with Crippen LogP contribution in [0.2, 0.25) is 0 Å². The number of hydrogen-bond donors (Lipinski definition) is 4. The molecule has 10 heteroatoms. The van der Waals surface area contributed by atoms with Gasteiger partial charge in [-0.15, -0.1) is 0 Å². The van der Waals surface area contributed by atoms with Crippen LogP contribution < -0.4 is 15.7 Å². The summed E-state index contributed by atoms with van der Waals surface area (Å²) in [6, 6.07) is 2.96. The lowest BCUT2D eigenvalue weighted by atomic mass is 9.89. The van der Waals surface area contributed by atoms with E-state index in [1.807, 2.05) is 0 Å². The first-order valence-electron chi connectivity index (χ1n) is 10.2. The number of methoxy groups -OCH3 is 1. The molecule has 1 fully saturated rings. The van der Waals surface area contributed by atoms with Crippen molar-refractivity contribution in [1.29, 1.82) is 0 Å². The van der Waals surface area contributed by atoms with Gasteiger partial charge in [-0.25, -0.2) is 4.79 Å². The molecule has 4 atom stereocenters. The van der Waals surface area contributed by atoms with Crippen LogP contribution in [0.15, 0.2) is 21.3 Å². The highest BCUT2D eigenvalue weighted by atomic mass is 16.7. The van der Waals surface area contributed by atoms with Crippen molar-refractivity contribution in [2.45, 2.75) is 64.8 Å². The maximum atomic E-state index is 12.4. The molecule has 0 saturated carbocycles. The Bertz CT molecular complexity index is 1080. The number of benzene rings is 1. The summed E-state index contributed by atoms with van der Waals surface area (Å²) in [5.74, 6) is -1.06. The monoisotopic (exact) mass is 451 g/mol. The van der Waals surface area contributed by atoms with E-state index in [2.05, 4.69) is 5.32 Å². The summed E-state index contributed by atoms with van der Waals surface area (Å²) in [6.07, 6.45) is -4.67. The SMILES string of the molecule is CO[C@@H]1[C@H](O)[C@@H](O)[C@H](Oc2ccc3c(O)c(NC(=O)C(C)C)c(=O)oc3c2C)OC1(C)C. The predicted octanol–water partition coefficient (Wildman–Crippen LogP) is 1.65. The van der Waals surface area contributed by atoms with Crippen LogP contribution >= 0.6 is 0 Å². The second-order valence-corrected chi connectivity index (χ2v) is 8.67. The van der Waals surface area contributed by atoms with Gasteiger partial charge in [0.25, 0.3) is 0 Å². The number of carbonyl (C=O) groups excluding carboxylic acids is 1. The molecule has 0 radical (unpaired) electrons. The summed E-state index contributed by atoms with van der Waals surface area (Å²) in [5.41, 5.74) is -1.82. The molecular weight excluding hydrogens is 422 g/mol. The summed E-state index contributed by atoms with van der Waals surface area (Å²) in [7, 11) is 1.41. The van der Waals surface area contributed by atoms with Crippen LogP contribution in [0.3, 0.4) is 0 Å². The lowest BCUT2D eigenvalue weighted by molar-refractivity contribution is -0.306. The van der Waals surface area contributed by atoms with Crippen LogP contribution in [0.4, 0.5) is 5.69 Å². The Balaban J connectivity index is 1.97. The Kier molecular flexibility index (Phi) is 6.52. The highest BCUT2D eigenvalue weighted by Crippen LogP contribution is 2.37. The molecule has 1 saturated heterocycles. The number of hydrogen-bond acceptors (Lipinski definition) is 9. The van der Waals surface area contributed by atoms with Crippen molar-refractivity contribution in [3.8, 4) is 11.5 Å². The Morgan fingerprint density at radius 3 is 2.47 bits per heavy atom. The van der Waals surface area contributed by atoms with Crippen LogP contribution in [-0.2, 0) is 14.3 Å². The highest BCUT2D eigenvalue weighted by Gasteiger charge is 2.50. The van der Waals surface area contributed by atoms with Gasteiger partial charge in [0, 0.05) is 18.6 Å². The molecule has 0 bridgehead atoms. The fourth-order valence-corrected chi connectivity index (χ4v) is 3.70. The first-order valence-corrected chi connectivity index (χ1v) is 10.2. The molecular formula is C22H29NO9. The van der Waals surface area contributed by atoms with Gasteiger partial charge in [0.15, 0.2) is 11.4 Å². The number of anilines is 1. The molecule has 3 rings (SSSR count). The highest BCUT2D eigenvalue weighted by molar-refractivity contribution is 5.98. The van der Waals surface area contributed by atoms with Crippen molar-refractivity contribution in [2.24, 2.45) is 5.92 Å². The van der Waals surface area contributed by atoms with E-state index >= 15 is 0 Å². The molecule has 1 aliphatic rings. The standard InChI is InChI=1S/C22H29NO9/c1-9(2)19(27)23-13-14(24)11-7-8-12(10(3)17(11)31-20(13)28)30-21-16(26)15(25)18(29-6)22(4,5)32-21/h7-9,15-16,18,21,24-26H,1-6H3,(H,23,27)/t15-,16-,18-,21-/m1/s1. The average Bonchev–Trinajstić information content (AvgIpc) is 2.71. The lowest BCUT2D eigenvalue weighted by Crippen LogP contribution is -2.63. The third-order valence-electron chi connectivity index (χ3n) is 5.56. The van der Waals surface area contributed by atoms with E-state index < -0.39 is 53.4 Å². The summed E-state index contributed by atoms with van der Waals surface area (Å²) in [6.45, 7) is 8.30. The van der Waals surface area contributed by atoms with E-state index in [4.69, 9.17) is 18.6 Å². The summed E-state index contributed by atoms with van der Waals surface area (Å²) < 4.78 is 22.2. The van der Waals surface area contributed by atoms with Crippen molar-refractivity contribution < 1.29 is 38.7 Å². The third kappa shape index (κ3) is 4.18. The topological polar surface area (TPSA) is 148 Å². The largest absolute Gasteiger partial charge is 0.505 e. The van der Waals surface area contributed by atoms with E-state index in [1.54, 1.807) is 34.6 Å². The molecule has 0 spiro atoms. The van der Waals surface area contributed by atoms with Gasteiger partial charge in [-0.05, 0) is 32.9 Å². The molecule has 2 heterocycles. The maximum Gasteiger partial charge on any atom is 0.364 e. The molecule has 176 valence electrons. The van der Waals surface area contributed by atoms with E-state index in [9.17, 15) is 24.9 Å². The van der Waals surface area contributed by atoms with E-state index in [0.717, 1.165) is 0 Å². The summed E-state index contributed by atoms with van der Waals surface area (Å²) in [5, 5.41) is 34.0. The minimum atomic E-state index is -1.41. The summed E-state index contributed by atoms with van der Waals surface area (Å²) in [4.78, 5) is 24.4. The number of aromatic hydroxyl groups is 1. The zero-order chi connectivity index (χ0) is 24.0. The van der Waals surface area contributed by atoms with Gasteiger partial charge < -0.3 is 39.3 Å². The van der Waals surface area contributed by atoms with Gasteiger partial charge >= 0.3 is 5.63 Å². The molecule has 0 aliphatic carbocycles. The molecule has 2 aromatic rings. The van der Waals surface area contributed by atoms with Gasteiger partial charge in [-0.1, -0.05) is 13.8 Å². The lowest BCUT2D eigenvalue weighted by Gasteiger charge is -2.46. The Morgan fingerprint density at radius 1 is 1.22 bits per heavy atom. The minimum Gasteiger partial charge on any atom is -0.505 e. The number of nitrogens with one attached hydrogen (secondary N) is 1. The molecule has 1 amide bonds. The van der Waals surface area contributed by atoms with Crippen LogP contribution in [-0.4, -0.2) is 58.5 Å².